The molecule has 4 saturated carbocycles. The van der Waals surface area contributed by atoms with Crippen LogP contribution < -0.4 is 14.8 Å². The number of nitrogens with zero attached hydrogens (tertiary/aromatic N) is 2. The number of carbonyl (C=O) groups excluding carboxylic acids is 4. The molecular formula is C44H57FN4O8S. The zero-order valence-electron chi connectivity index (χ0n) is 32.7. The van der Waals surface area contributed by atoms with E-state index >= 15 is 4.39 Å². The van der Waals surface area contributed by atoms with E-state index in [9.17, 15) is 27.6 Å². The molecule has 5 atom stereocenters. The maximum atomic E-state index is 15.1. The Balaban J connectivity index is 0.00000469. The molecule has 0 unspecified atom stereocenters. The van der Waals surface area contributed by atoms with Gasteiger partial charge in [0.2, 0.25) is 21.8 Å². The summed E-state index contributed by atoms with van der Waals surface area (Å²) in [4.78, 5) is 63.4. The van der Waals surface area contributed by atoms with Crippen molar-refractivity contribution in [2.24, 2.45) is 11.3 Å². The minimum absolute atomic E-state index is 0. The minimum Gasteiger partial charge on any atom is -0.483 e. The van der Waals surface area contributed by atoms with Crippen LogP contribution in [0, 0.1) is 17.2 Å². The number of aryl methyl sites for hydroxylation is 1. The van der Waals surface area contributed by atoms with Gasteiger partial charge in [0.25, 0.3) is 0 Å². The van der Waals surface area contributed by atoms with E-state index in [0.29, 0.717) is 67.3 Å². The maximum Gasteiger partial charge on any atom is 0.408 e. The van der Waals surface area contributed by atoms with Gasteiger partial charge in [0, 0.05) is 29.7 Å². The van der Waals surface area contributed by atoms with Crippen LogP contribution in [0.4, 0.5) is 9.18 Å². The number of fused-ring (bicyclic) bond motifs is 5. The molecule has 1 spiro atoms. The number of hydrogen-bond acceptors (Lipinski definition) is 9. The molecule has 2 aromatic rings. The number of halogens is 1. The number of ketones is 1. The molecule has 3 amide bonds. The lowest BCUT2D eigenvalue weighted by molar-refractivity contribution is -0.140. The van der Waals surface area contributed by atoms with Crippen molar-refractivity contribution in [3.63, 3.8) is 0 Å². The van der Waals surface area contributed by atoms with E-state index in [0.717, 1.165) is 63.4 Å². The first-order valence-corrected chi connectivity index (χ1v) is 22.6. The van der Waals surface area contributed by atoms with Crippen LogP contribution in [0.5, 0.6) is 5.75 Å². The van der Waals surface area contributed by atoms with Crippen LogP contribution in [0.25, 0.3) is 10.9 Å². The summed E-state index contributed by atoms with van der Waals surface area (Å²) in [6, 6.07) is 2.97. The topological polar surface area (TPSA) is 161 Å². The number of rotatable bonds is 6. The number of carbonyl (C=O) groups is 4. The predicted octanol–water partition coefficient (Wildman–Crippen LogP) is 7.07. The minimum atomic E-state index is -3.96. The fraction of sp³-hybridized carbons (Fsp3) is 0.659. The summed E-state index contributed by atoms with van der Waals surface area (Å²) >= 11 is 0. The number of sulfonamides is 1. The van der Waals surface area contributed by atoms with E-state index in [4.69, 9.17) is 14.5 Å². The Morgan fingerprint density at radius 3 is 2.50 bits per heavy atom. The van der Waals surface area contributed by atoms with Crippen molar-refractivity contribution in [2.75, 3.05) is 6.54 Å². The van der Waals surface area contributed by atoms with Crippen molar-refractivity contribution in [3.8, 4) is 5.75 Å². The molecule has 7 aliphatic rings. The predicted molar refractivity (Wildman–Crippen MR) is 215 cm³/mol. The van der Waals surface area contributed by atoms with E-state index in [1.54, 1.807) is 17.9 Å². The summed E-state index contributed by atoms with van der Waals surface area (Å²) in [5.41, 5.74) is -0.373. The molecule has 0 bridgehead atoms. The highest BCUT2D eigenvalue weighted by Crippen LogP contribution is 2.58. The number of ether oxygens (including phenoxy) is 2. The number of benzene rings is 1. The zero-order valence-corrected chi connectivity index (χ0v) is 33.5. The highest BCUT2D eigenvalue weighted by Gasteiger charge is 2.63. The Bertz CT molecular complexity index is 2150. The lowest BCUT2D eigenvalue weighted by Crippen LogP contribution is -2.53. The van der Waals surface area contributed by atoms with Crippen LogP contribution in [-0.4, -0.2) is 77.1 Å². The van der Waals surface area contributed by atoms with E-state index in [-0.39, 0.29) is 50.5 Å². The molecule has 3 aliphatic heterocycles. The number of nitrogens with one attached hydrogen (secondary N) is 2. The smallest absolute Gasteiger partial charge is 0.408 e. The molecular weight excluding hydrogens is 764 g/mol. The highest BCUT2D eigenvalue weighted by molar-refractivity contribution is 7.91. The van der Waals surface area contributed by atoms with Crippen molar-refractivity contribution in [1.82, 2.24) is 19.9 Å². The van der Waals surface area contributed by atoms with E-state index in [1.807, 2.05) is 18.2 Å². The number of amides is 3. The van der Waals surface area contributed by atoms with Gasteiger partial charge in [-0.1, -0.05) is 44.6 Å². The van der Waals surface area contributed by atoms with Gasteiger partial charge in [-0.2, -0.15) is 0 Å². The lowest BCUT2D eigenvalue weighted by atomic mass is 9.85. The van der Waals surface area contributed by atoms with Gasteiger partial charge in [-0.15, -0.1) is 0 Å². The molecule has 14 heteroatoms. The first-order chi connectivity index (χ1) is 27.3. The highest BCUT2D eigenvalue weighted by atomic mass is 32.2. The second-order valence-corrected chi connectivity index (χ2v) is 20.5. The quantitative estimate of drug-likeness (QED) is 0.291. The van der Waals surface area contributed by atoms with Gasteiger partial charge < -0.3 is 19.7 Å². The molecule has 1 saturated heterocycles. The van der Waals surface area contributed by atoms with E-state index in [1.165, 1.54) is 6.07 Å². The van der Waals surface area contributed by atoms with Crippen LogP contribution in [-0.2, 0) is 35.6 Å². The van der Waals surface area contributed by atoms with Crippen LogP contribution in [0.1, 0.15) is 141 Å². The first kappa shape index (κ1) is 40.7. The Labute approximate surface area is 340 Å². The number of hydrogen-bond donors (Lipinski definition) is 2. The Kier molecular flexibility index (Phi) is 10.7. The third-order valence-electron chi connectivity index (χ3n) is 14.0. The number of aromatic nitrogens is 1. The molecule has 12 nitrogen and oxygen atoms in total. The summed E-state index contributed by atoms with van der Waals surface area (Å²) in [5.74, 6) is -1.43. The molecule has 1 aromatic carbocycles. The van der Waals surface area contributed by atoms with Crippen molar-refractivity contribution >= 4 is 44.6 Å². The van der Waals surface area contributed by atoms with E-state index < -0.39 is 61.6 Å². The average Bonchev–Trinajstić information content (AvgIpc) is 4.14. The summed E-state index contributed by atoms with van der Waals surface area (Å²) in [6.45, 7) is 1.69. The third kappa shape index (κ3) is 7.51. The summed E-state index contributed by atoms with van der Waals surface area (Å²) in [5, 5.41) is 3.56. The van der Waals surface area contributed by atoms with Crippen LogP contribution >= 0.6 is 0 Å². The van der Waals surface area contributed by atoms with Gasteiger partial charge in [-0.3, -0.25) is 19.1 Å². The third-order valence-corrected chi connectivity index (χ3v) is 16.2. The molecule has 58 heavy (non-hydrogen) atoms. The van der Waals surface area contributed by atoms with Gasteiger partial charge in [0.15, 0.2) is 5.78 Å². The maximum absolute atomic E-state index is 15.1. The van der Waals surface area contributed by atoms with Crippen LogP contribution in [0.3, 0.4) is 0 Å². The second kappa shape index (κ2) is 15.2. The van der Waals surface area contributed by atoms with Crippen molar-refractivity contribution in [1.29, 1.82) is 0 Å². The fourth-order valence-electron chi connectivity index (χ4n) is 9.85. The van der Waals surface area contributed by atoms with Crippen LogP contribution in [0.2, 0.25) is 0 Å². The normalized spacial score (nSPS) is 31.4. The number of allylic oxidation sites excluding steroid dienone is 2. The molecule has 1 aromatic heterocycles. The number of para-hydroxylation sites is 1. The molecule has 0 radical (unpaired) electrons. The van der Waals surface area contributed by atoms with Crippen molar-refractivity contribution < 1.29 is 41.5 Å². The van der Waals surface area contributed by atoms with Gasteiger partial charge in [-0.25, -0.2) is 22.6 Å². The van der Waals surface area contributed by atoms with Gasteiger partial charge >= 0.3 is 6.09 Å². The van der Waals surface area contributed by atoms with E-state index in [2.05, 4.69) is 10.0 Å². The number of alkyl carbamates (subject to hydrolysis) is 1. The van der Waals surface area contributed by atoms with Gasteiger partial charge in [-0.05, 0) is 109 Å². The average molecular weight is 821 g/mol. The lowest BCUT2D eigenvalue weighted by Gasteiger charge is -2.37. The van der Waals surface area contributed by atoms with Crippen LogP contribution in [0.15, 0.2) is 30.4 Å². The Hall–Kier alpha value is -4.07. The summed E-state index contributed by atoms with van der Waals surface area (Å²) < 4.78 is 55.7. The molecule has 9 rings (SSSR count). The van der Waals surface area contributed by atoms with Crippen molar-refractivity contribution in [3.05, 3.63) is 47.4 Å². The zero-order chi connectivity index (χ0) is 39.7. The molecule has 2 N–H and O–H groups in total. The first-order valence-electron chi connectivity index (χ1n) is 21.1. The standard InChI is InChI=1S/C43H53FN4O8S.CH4/c1-41(20-21-41)57(53,54)47-39(51)43-22-27(43)10-5-3-2-4-6-15-32(45-40(52)55-28-11-7-8-12-28)38(50)48-25-42(23-33(48)34(49)24-43)19-18-30-29-13-9-14-31(44)36(29)46-35(26-16-17-26)37(30)56-42;/h5,9-10,13-14,26-28,32-33H,2-4,6-8,11-12,15-25H2,1H3,(H,45,52)(H,47,51);1H4/b10-5-;/t27-,32+,33+,42-,43-;/m1./s1. The number of Topliss-reactive ketones (excluding diaryl/α,β-unsaturated/α-hetero) is 1. The summed E-state index contributed by atoms with van der Waals surface area (Å²) in [6.07, 6.45) is 13.9. The fourth-order valence-corrected chi connectivity index (χ4v) is 11.2. The van der Waals surface area contributed by atoms with Gasteiger partial charge in [0.05, 0.1) is 28.4 Å². The summed E-state index contributed by atoms with van der Waals surface area (Å²) in [7, 11) is -3.96. The van der Waals surface area contributed by atoms with Crippen molar-refractivity contribution in [2.45, 2.75) is 164 Å². The molecule has 314 valence electrons. The Morgan fingerprint density at radius 2 is 1.76 bits per heavy atom. The Morgan fingerprint density at radius 1 is 1.00 bits per heavy atom. The SMILES string of the molecule is C.CC1(S(=O)(=O)NC(=O)[C@]23CC(=O)[C@@H]4C[C@]5(CCc6c(c(C7CC7)nc7c(F)cccc67)O5)CN4C(=O)[C@@H](NC(=O)OC4CCCC4)CCCCC/C=C\[C@@H]2C3)CC1. The second-order valence-electron chi connectivity index (χ2n) is 18.3. The molecule has 4 aliphatic carbocycles. The molecule has 5 fully saturated rings. The largest absolute Gasteiger partial charge is 0.483 e. The monoisotopic (exact) mass is 820 g/mol. The number of pyridine rings is 1. The molecule has 4 heterocycles. The van der Waals surface area contributed by atoms with Gasteiger partial charge in [0.1, 0.15) is 34.8 Å².